The number of hydrogen-bond acceptors (Lipinski definition) is 2. The van der Waals surface area contributed by atoms with Crippen LogP contribution >= 0.6 is 63.7 Å². The zero-order chi connectivity index (χ0) is 63.6. The summed E-state index contributed by atoms with van der Waals surface area (Å²) in [4.78, 5) is 5.17. The van der Waals surface area contributed by atoms with Gasteiger partial charge in [-0.25, -0.2) is 0 Å². The minimum atomic E-state index is -0.320. The van der Waals surface area contributed by atoms with E-state index in [1.165, 1.54) is 133 Å². The standard InChI is InChI=1S/C84H72Br4N4/c1-81(2)73(21-15-23-75-83(5,49-53-17-11-9-12-18-53)79-67-47-63(87)39-31-59(67)33-41-69(79)89(75)7)91(71-43-35-57-29-37-61(85)45-65(57)77(71)81)51-55-25-27-56(28-26-55)52-92-72-44-36-58-30-38-62(86)46-66(58)78(72)82(3,4)74(92)22-16-24-76-84(6,50-54-19-13-10-14-20-54)80-68-48-64(88)40-32-60(68)34-42-70(80)90(76)8/h9-48H,49-52H2,1-8H3/q+2. The van der Waals surface area contributed by atoms with Crippen molar-refractivity contribution in [3.05, 3.63) is 317 Å². The number of anilines is 2. The van der Waals surface area contributed by atoms with Crippen LogP contribution in [0.5, 0.6) is 0 Å². The maximum absolute atomic E-state index is 3.87. The van der Waals surface area contributed by atoms with Crippen LogP contribution in [0.1, 0.15) is 86.1 Å². The Labute approximate surface area is 574 Å². The van der Waals surface area contributed by atoms with Gasteiger partial charge in [-0.05, 0) is 188 Å². The molecule has 15 rings (SSSR count). The molecule has 4 nitrogen and oxygen atoms in total. The maximum atomic E-state index is 3.87. The van der Waals surface area contributed by atoms with Crippen LogP contribution < -0.4 is 9.80 Å². The fourth-order valence-corrected chi connectivity index (χ4v) is 18.0. The normalized spacial score (nSPS) is 19.8. The second-order valence-electron chi connectivity index (χ2n) is 27.2. The van der Waals surface area contributed by atoms with E-state index in [-0.39, 0.29) is 21.7 Å². The fraction of sp³-hybridized carbons (Fsp3) is 0.190. The molecule has 92 heavy (non-hydrogen) atoms. The summed E-state index contributed by atoms with van der Waals surface area (Å²) in [5, 5.41) is 10.1. The quantitative estimate of drug-likeness (QED) is 0.113. The Kier molecular flexibility index (Phi) is 15.2. The van der Waals surface area contributed by atoms with Gasteiger partial charge in [0.05, 0.1) is 10.8 Å². The molecule has 0 aliphatic carbocycles. The van der Waals surface area contributed by atoms with E-state index in [4.69, 9.17) is 0 Å². The van der Waals surface area contributed by atoms with E-state index < -0.39 is 0 Å². The number of fused-ring (bicyclic) bond motifs is 12. The lowest BCUT2D eigenvalue weighted by Gasteiger charge is -2.28. The highest BCUT2D eigenvalue weighted by molar-refractivity contribution is 9.11. The second-order valence-corrected chi connectivity index (χ2v) is 30.9. The third kappa shape index (κ3) is 10.1. The highest BCUT2D eigenvalue weighted by atomic mass is 79.9. The molecule has 2 unspecified atom stereocenters. The average molecular weight is 1460 g/mol. The first kappa shape index (κ1) is 60.5. The zero-order valence-electron chi connectivity index (χ0n) is 53.2. The molecule has 11 aromatic rings. The van der Waals surface area contributed by atoms with Gasteiger partial charge in [-0.3, -0.25) is 0 Å². The molecule has 4 aliphatic heterocycles. The summed E-state index contributed by atoms with van der Waals surface area (Å²) in [5.74, 6) is 0. The maximum Gasteiger partial charge on any atom is 0.210 e. The highest BCUT2D eigenvalue weighted by Crippen LogP contribution is 2.55. The molecule has 0 N–H and O–H groups in total. The second kappa shape index (κ2) is 23.1. The Morgan fingerprint density at radius 2 is 0.674 bits per heavy atom. The van der Waals surface area contributed by atoms with Gasteiger partial charge in [0.1, 0.15) is 14.1 Å². The Balaban J connectivity index is 0.788. The lowest BCUT2D eigenvalue weighted by atomic mass is 9.73. The van der Waals surface area contributed by atoms with Crippen molar-refractivity contribution in [2.24, 2.45) is 0 Å². The number of hydrogen-bond donors (Lipinski definition) is 0. The first-order valence-corrected chi connectivity index (χ1v) is 35.1. The first-order valence-electron chi connectivity index (χ1n) is 31.9. The summed E-state index contributed by atoms with van der Waals surface area (Å²) in [7, 11) is 4.49. The SMILES string of the molecule is C[N+]1=C(C=CC=C2N(Cc3ccc(CN4C(=CC=CC5=[N+](C)c6ccc7ccc(Br)cc7c6C5(C)Cc5ccccc5)C(C)(C)c5c4ccc4ccc(Br)cc54)cc3)c3ccc4ccc(Br)cc4c3C2(C)C)C(C)(Cc2ccccc2)c2c1ccc1ccc(Br)cc21. The van der Waals surface area contributed by atoms with Crippen LogP contribution in [0.3, 0.4) is 0 Å². The topological polar surface area (TPSA) is 12.5 Å². The monoisotopic (exact) mass is 1450 g/mol. The molecule has 0 amide bonds. The van der Waals surface area contributed by atoms with Crippen molar-refractivity contribution in [3.63, 3.8) is 0 Å². The molecule has 8 heteroatoms. The Morgan fingerprint density at radius 1 is 0.359 bits per heavy atom. The van der Waals surface area contributed by atoms with Crippen molar-refractivity contribution in [1.82, 2.24) is 0 Å². The van der Waals surface area contributed by atoms with Crippen molar-refractivity contribution in [3.8, 4) is 0 Å². The van der Waals surface area contributed by atoms with Crippen molar-refractivity contribution in [1.29, 1.82) is 0 Å². The van der Waals surface area contributed by atoms with E-state index >= 15 is 0 Å². The van der Waals surface area contributed by atoms with Gasteiger partial charge in [0.15, 0.2) is 11.4 Å². The summed E-state index contributed by atoms with van der Waals surface area (Å²) >= 11 is 15.4. The lowest BCUT2D eigenvalue weighted by Crippen LogP contribution is -2.33. The molecular weight excluding hydrogens is 1380 g/mol. The molecule has 0 spiro atoms. The number of nitrogens with zero attached hydrogens (tertiary/aromatic N) is 4. The summed E-state index contributed by atoms with van der Waals surface area (Å²) in [6, 6.07) is 76.8. The van der Waals surface area contributed by atoms with Crippen LogP contribution in [-0.2, 0) is 47.6 Å². The summed E-state index contributed by atoms with van der Waals surface area (Å²) < 4.78 is 9.21. The molecule has 454 valence electrons. The number of halogens is 4. The van der Waals surface area contributed by atoms with Gasteiger partial charge in [-0.15, -0.1) is 0 Å². The third-order valence-electron chi connectivity index (χ3n) is 20.7. The van der Waals surface area contributed by atoms with Crippen LogP contribution in [0.15, 0.2) is 272 Å². The molecule has 0 saturated carbocycles. The summed E-state index contributed by atoms with van der Waals surface area (Å²) in [6.45, 7) is 16.0. The van der Waals surface area contributed by atoms with Gasteiger partial charge >= 0.3 is 0 Å². The van der Waals surface area contributed by atoms with Gasteiger partial charge in [-0.1, -0.05) is 225 Å². The average Bonchev–Trinajstić information content (AvgIpc) is 1.59. The van der Waals surface area contributed by atoms with Gasteiger partial charge in [0.2, 0.25) is 11.4 Å². The molecule has 0 fully saturated rings. The predicted octanol–water partition coefficient (Wildman–Crippen LogP) is 22.7. The largest absolute Gasteiger partial charge is 0.340 e. The van der Waals surface area contributed by atoms with Crippen LogP contribution in [0.2, 0.25) is 0 Å². The Morgan fingerprint density at radius 3 is 1.02 bits per heavy atom. The van der Waals surface area contributed by atoms with E-state index in [1.807, 2.05) is 0 Å². The summed E-state index contributed by atoms with van der Waals surface area (Å²) in [6.07, 6.45) is 16.0. The van der Waals surface area contributed by atoms with Crippen LogP contribution in [0, 0.1) is 0 Å². The van der Waals surface area contributed by atoms with Gasteiger partial charge in [0.25, 0.3) is 0 Å². The van der Waals surface area contributed by atoms with Crippen molar-refractivity contribution in [2.45, 2.75) is 89.1 Å². The fourth-order valence-electron chi connectivity index (χ4n) is 16.5. The number of allylic oxidation sites excluding steroid dienone is 8. The molecule has 11 aromatic carbocycles. The molecular formula is C84H72Br4N4+2. The van der Waals surface area contributed by atoms with Crippen molar-refractivity contribution < 1.29 is 9.15 Å². The molecule has 4 heterocycles. The molecule has 4 aliphatic rings. The van der Waals surface area contributed by atoms with E-state index in [9.17, 15) is 0 Å². The zero-order valence-corrected chi connectivity index (χ0v) is 59.6. The first-order chi connectivity index (χ1) is 44.3. The van der Waals surface area contributed by atoms with Crippen LogP contribution in [0.4, 0.5) is 22.7 Å². The Hall–Kier alpha value is -7.72. The van der Waals surface area contributed by atoms with E-state index in [0.29, 0.717) is 13.1 Å². The minimum absolute atomic E-state index is 0.304. The lowest BCUT2D eigenvalue weighted by molar-refractivity contribution is -0.401. The highest BCUT2D eigenvalue weighted by Gasteiger charge is 2.50. The van der Waals surface area contributed by atoms with Gasteiger partial charge in [0, 0.05) is 100.0 Å². The molecule has 0 aromatic heterocycles. The minimum Gasteiger partial charge on any atom is -0.340 e. The number of rotatable bonds is 12. The Bertz CT molecular complexity index is 4770. The number of benzene rings is 11. The van der Waals surface area contributed by atoms with Gasteiger partial charge < -0.3 is 9.80 Å². The predicted molar refractivity (Wildman–Crippen MR) is 403 cm³/mol. The summed E-state index contributed by atoms with van der Waals surface area (Å²) in [5.41, 5.74) is 19.4. The molecule has 0 radical (unpaired) electrons. The third-order valence-corrected chi connectivity index (χ3v) is 22.7. The van der Waals surface area contributed by atoms with E-state index in [2.05, 4.69) is 381 Å². The van der Waals surface area contributed by atoms with Crippen LogP contribution in [-0.4, -0.2) is 34.7 Å². The van der Waals surface area contributed by atoms with Crippen LogP contribution in [0.25, 0.3) is 43.1 Å². The van der Waals surface area contributed by atoms with E-state index in [1.54, 1.807) is 0 Å². The smallest absolute Gasteiger partial charge is 0.210 e. The molecule has 0 bridgehead atoms. The molecule has 2 atom stereocenters. The molecule has 0 saturated heterocycles. The van der Waals surface area contributed by atoms with Gasteiger partial charge in [-0.2, -0.15) is 9.15 Å². The van der Waals surface area contributed by atoms with Crippen molar-refractivity contribution in [2.75, 3.05) is 23.9 Å². The van der Waals surface area contributed by atoms with E-state index in [0.717, 1.165) is 30.7 Å². The van der Waals surface area contributed by atoms with Crippen molar-refractivity contribution >= 4 is 141 Å².